The van der Waals surface area contributed by atoms with E-state index >= 15 is 0 Å². The summed E-state index contributed by atoms with van der Waals surface area (Å²) in [6.07, 6.45) is 4.74. The Bertz CT molecular complexity index is 705. The molecule has 0 radical (unpaired) electrons. The molecule has 1 unspecified atom stereocenters. The molecule has 2 heterocycles. The Hall–Kier alpha value is -2.40. The fourth-order valence-electron chi connectivity index (χ4n) is 3.47. The lowest BCUT2D eigenvalue weighted by atomic mass is 10.1. The molecule has 0 saturated carbocycles. The normalized spacial score (nSPS) is 17.1. The van der Waals surface area contributed by atoms with E-state index in [-0.39, 0.29) is 5.91 Å². The first-order chi connectivity index (χ1) is 12.2. The SMILES string of the molecule is COc1ccccc1C(=O)N1CCC(CN(C)Cc2cccnc2)C1. The van der Waals surface area contributed by atoms with Gasteiger partial charge < -0.3 is 14.5 Å². The third-order valence-electron chi connectivity index (χ3n) is 4.66. The van der Waals surface area contributed by atoms with Crippen molar-refractivity contribution < 1.29 is 9.53 Å². The van der Waals surface area contributed by atoms with Crippen molar-refractivity contribution in [2.24, 2.45) is 5.92 Å². The molecule has 2 aromatic rings. The molecule has 0 aliphatic carbocycles. The number of aromatic nitrogens is 1. The number of ether oxygens (including phenoxy) is 1. The van der Waals surface area contributed by atoms with Crippen LogP contribution in [0.3, 0.4) is 0 Å². The van der Waals surface area contributed by atoms with Crippen LogP contribution < -0.4 is 4.74 Å². The summed E-state index contributed by atoms with van der Waals surface area (Å²) in [5.41, 5.74) is 1.86. The second-order valence-corrected chi connectivity index (χ2v) is 6.66. The highest BCUT2D eigenvalue weighted by Crippen LogP contribution is 2.24. The van der Waals surface area contributed by atoms with Crippen molar-refractivity contribution in [2.75, 3.05) is 33.8 Å². The van der Waals surface area contributed by atoms with Gasteiger partial charge in [0.15, 0.2) is 0 Å². The monoisotopic (exact) mass is 339 g/mol. The molecule has 1 aromatic heterocycles. The van der Waals surface area contributed by atoms with Crippen LogP contribution in [0.4, 0.5) is 0 Å². The maximum atomic E-state index is 12.8. The number of benzene rings is 1. The largest absolute Gasteiger partial charge is 0.496 e. The second kappa shape index (κ2) is 8.12. The topological polar surface area (TPSA) is 45.7 Å². The predicted octanol–water partition coefficient (Wildman–Crippen LogP) is 2.68. The molecule has 1 amide bonds. The molecule has 0 bridgehead atoms. The zero-order valence-corrected chi connectivity index (χ0v) is 14.9. The molecule has 0 spiro atoms. The first-order valence-electron chi connectivity index (χ1n) is 8.67. The Morgan fingerprint density at radius 1 is 1.32 bits per heavy atom. The first-order valence-corrected chi connectivity index (χ1v) is 8.67. The van der Waals surface area contributed by atoms with Crippen LogP contribution in [0.2, 0.25) is 0 Å². The Morgan fingerprint density at radius 3 is 2.92 bits per heavy atom. The molecule has 132 valence electrons. The van der Waals surface area contributed by atoms with E-state index in [1.165, 1.54) is 5.56 Å². The minimum Gasteiger partial charge on any atom is -0.496 e. The highest BCUT2D eigenvalue weighted by Gasteiger charge is 2.28. The molecule has 1 saturated heterocycles. The Balaban J connectivity index is 1.55. The van der Waals surface area contributed by atoms with Gasteiger partial charge in [-0.2, -0.15) is 0 Å². The van der Waals surface area contributed by atoms with Crippen LogP contribution in [0.25, 0.3) is 0 Å². The number of carbonyl (C=O) groups is 1. The van der Waals surface area contributed by atoms with Crippen molar-refractivity contribution in [1.29, 1.82) is 0 Å². The smallest absolute Gasteiger partial charge is 0.257 e. The van der Waals surface area contributed by atoms with Crippen molar-refractivity contribution in [2.45, 2.75) is 13.0 Å². The van der Waals surface area contributed by atoms with E-state index in [0.717, 1.165) is 32.6 Å². The average molecular weight is 339 g/mol. The van der Waals surface area contributed by atoms with Gasteiger partial charge >= 0.3 is 0 Å². The van der Waals surface area contributed by atoms with Crippen molar-refractivity contribution in [3.8, 4) is 5.75 Å². The Labute approximate surface area is 149 Å². The van der Waals surface area contributed by atoms with Gasteiger partial charge in [-0.1, -0.05) is 18.2 Å². The van der Waals surface area contributed by atoms with Gasteiger partial charge in [-0.05, 0) is 43.1 Å². The van der Waals surface area contributed by atoms with E-state index in [1.54, 1.807) is 13.3 Å². The number of pyridine rings is 1. The third-order valence-corrected chi connectivity index (χ3v) is 4.66. The molecule has 1 aromatic carbocycles. The number of likely N-dealkylation sites (tertiary alicyclic amines) is 1. The van der Waals surface area contributed by atoms with E-state index in [4.69, 9.17) is 4.74 Å². The molecule has 3 rings (SSSR count). The van der Waals surface area contributed by atoms with Gasteiger partial charge in [-0.3, -0.25) is 9.78 Å². The number of nitrogens with zero attached hydrogens (tertiary/aromatic N) is 3. The molecule has 5 heteroatoms. The van der Waals surface area contributed by atoms with Crippen molar-refractivity contribution in [3.63, 3.8) is 0 Å². The predicted molar refractivity (Wildman–Crippen MR) is 97.6 cm³/mol. The van der Waals surface area contributed by atoms with Gasteiger partial charge in [0.1, 0.15) is 5.75 Å². The minimum absolute atomic E-state index is 0.0647. The van der Waals surface area contributed by atoms with Gasteiger partial charge in [-0.25, -0.2) is 0 Å². The number of hydrogen-bond acceptors (Lipinski definition) is 4. The summed E-state index contributed by atoms with van der Waals surface area (Å²) >= 11 is 0. The van der Waals surface area contributed by atoms with E-state index < -0.39 is 0 Å². The standard InChI is InChI=1S/C20H25N3O2/c1-22(13-16-6-5-10-21-12-16)14-17-9-11-23(15-17)20(24)18-7-3-4-8-19(18)25-2/h3-8,10,12,17H,9,11,13-15H2,1-2H3. The van der Waals surface area contributed by atoms with E-state index in [2.05, 4.69) is 23.0 Å². The first kappa shape index (κ1) is 17.4. The van der Waals surface area contributed by atoms with Crippen LogP contribution in [0, 0.1) is 5.92 Å². The zero-order chi connectivity index (χ0) is 17.6. The highest BCUT2D eigenvalue weighted by atomic mass is 16.5. The molecule has 1 aliphatic heterocycles. The number of rotatable bonds is 6. The molecule has 5 nitrogen and oxygen atoms in total. The van der Waals surface area contributed by atoms with E-state index in [0.29, 0.717) is 17.2 Å². The van der Waals surface area contributed by atoms with Gasteiger partial charge in [0.2, 0.25) is 0 Å². The van der Waals surface area contributed by atoms with Crippen LogP contribution in [-0.2, 0) is 6.54 Å². The molecule has 1 fully saturated rings. The van der Waals surface area contributed by atoms with Gasteiger partial charge in [0.05, 0.1) is 12.7 Å². The van der Waals surface area contributed by atoms with E-state index in [9.17, 15) is 4.79 Å². The molecule has 1 atom stereocenters. The fraction of sp³-hybridized carbons (Fsp3) is 0.400. The van der Waals surface area contributed by atoms with Gasteiger partial charge in [0, 0.05) is 38.6 Å². The van der Waals surface area contributed by atoms with Crippen LogP contribution in [0.15, 0.2) is 48.8 Å². The molecule has 0 N–H and O–H groups in total. The highest BCUT2D eigenvalue weighted by molar-refractivity contribution is 5.97. The lowest BCUT2D eigenvalue weighted by molar-refractivity contribution is 0.0781. The number of methoxy groups -OCH3 is 1. The van der Waals surface area contributed by atoms with Gasteiger partial charge in [-0.15, -0.1) is 0 Å². The molecular weight excluding hydrogens is 314 g/mol. The molecular formula is C20H25N3O2. The van der Waals surface area contributed by atoms with Crippen molar-refractivity contribution in [3.05, 3.63) is 59.9 Å². The lowest BCUT2D eigenvalue weighted by Gasteiger charge is -2.22. The quantitative estimate of drug-likeness (QED) is 0.812. The summed E-state index contributed by atoms with van der Waals surface area (Å²) < 4.78 is 5.32. The summed E-state index contributed by atoms with van der Waals surface area (Å²) in [5.74, 6) is 1.21. The van der Waals surface area contributed by atoms with Crippen molar-refractivity contribution in [1.82, 2.24) is 14.8 Å². The second-order valence-electron chi connectivity index (χ2n) is 6.66. The Kier molecular flexibility index (Phi) is 5.66. The number of para-hydroxylation sites is 1. The fourth-order valence-corrected chi connectivity index (χ4v) is 3.47. The van der Waals surface area contributed by atoms with Gasteiger partial charge in [0.25, 0.3) is 5.91 Å². The summed E-state index contributed by atoms with van der Waals surface area (Å²) in [4.78, 5) is 21.2. The van der Waals surface area contributed by atoms with Crippen LogP contribution in [0.5, 0.6) is 5.75 Å². The third kappa shape index (κ3) is 4.37. The molecule has 25 heavy (non-hydrogen) atoms. The van der Waals surface area contributed by atoms with Crippen LogP contribution >= 0.6 is 0 Å². The van der Waals surface area contributed by atoms with Crippen LogP contribution in [0.1, 0.15) is 22.3 Å². The zero-order valence-electron chi connectivity index (χ0n) is 14.9. The summed E-state index contributed by atoms with van der Waals surface area (Å²) in [6, 6.07) is 11.5. The lowest BCUT2D eigenvalue weighted by Crippen LogP contribution is -2.31. The average Bonchev–Trinajstić information content (AvgIpc) is 3.10. The summed E-state index contributed by atoms with van der Waals surface area (Å²) in [7, 11) is 3.73. The summed E-state index contributed by atoms with van der Waals surface area (Å²) in [5, 5.41) is 0. The maximum Gasteiger partial charge on any atom is 0.257 e. The molecule has 1 aliphatic rings. The Morgan fingerprint density at radius 2 is 2.16 bits per heavy atom. The van der Waals surface area contributed by atoms with E-state index in [1.807, 2.05) is 41.4 Å². The van der Waals surface area contributed by atoms with Crippen molar-refractivity contribution >= 4 is 5.91 Å². The maximum absolute atomic E-state index is 12.8. The van der Waals surface area contributed by atoms with Crippen LogP contribution in [-0.4, -0.2) is 54.5 Å². The number of hydrogen-bond donors (Lipinski definition) is 0. The number of carbonyl (C=O) groups excluding carboxylic acids is 1. The number of amides is 1. The summed E-state index contributed by atoms with van der Waals surface area (Å²) in [6.45, 7) is 3.46. The minimum atomic E-state index is 0.0647.